The van der Waals surface area contributed by atoms with E-state index in [1.807, 2.05) is 0 Å². The van der Waals surface area contributed by atoms with Gasteiger partial charge in [-0.1, -0.05) is 11.6 Å². The van der Waals surface area contributed by atoms with Crippen LogP contribution in [0.25, 0.3) is 5.76 Å². The molecule has 0 saturated heterocycles. The summed E-state index contributed by atoms with van der Waals surface area (Å²) in [6.45, 7) is 0. The van der Waals surface area contributed by atoms with Gasteiger partial charge in [-0.3, -0.25) is 4.79 Å². The number of aliphatic hydroxyl groups is 1. The van der Waals surface area contributed by atoms with Gasteiger partial charge in [0.05, 0.1) is 4.90 Å². The molecule has 128 valence electrons. The molecule has 3 aromatic rings. The van der Waals surface area contributed by atoms with Gasteiger partial charge in [0.15, 0.2) is 5.76 Å². The third-order valence-corrected chi connectivity index (χ3v) is 5.13. The predicted octanol–water partition coefficient (Wildman–Crippen LogP) is 1.67. The highest BCUT2D eigenvalue weighted by Gasteiger charge is 2.22. The molecule has 0 radical (unpaired) electrons. The number of nitrogens with zero attached hydrogens (tertiary/aromatic N) is 4. The standard InChI is InChI=1S/C14H10ClN5O4S/c15-9-3-5-10(6-4-9)25(23,24)20-7-1-2-11(20)12(21)8-13(22)14-16-18-19-17-14/h1-8,22H,(H,16,17,18,19). The van der Waals surface area contributed by atoms with Crippen LogP contribution < -0.4 is 0 Å². The van der Waals surface area contributed by atoms with Crippen molar-refractivity contribution in [1.29, 1.82) is 0 Å². The van der Waals surface area contributed by atoms with Gasteiger partial charge in [0, 0.05) is 17.3 Å². The Hall–Kier alpha value is -2.98. The van der Waals surface area contributed by atoms with Crippen molar-refractivity contribution in [2.75, 3.05) is 0 Å². The van der Waals surface area contributed by atoms with Crippen molar-refractivity contribution in [3.63, 3.8) is 0 Å². The number of tetrazole rings is 1. The second-order valence-corrected chi connectivity index (χ2v) is 7.03. The highest BCUT2D eigenvalue weighted by Crippen LogP contribution is 2.20. The van der Waals surface area contributed by atoms with Gasteiger partial charge in [-0.25, -0.2) is 12.4 Å². The summed E-state index contributed by atoms with van der Waals surface area (Å²) in [5.74, 6) is -1.48. The van der Waals surface area contributed by atoms with Gasteiger partial charge in [0.2, 0.25) is 11.6 Å². The fourth-order valence-electron chi connectivity index (χ4n) is 2.02. The predicted molar refractivity (Wildman–Crippen MR) is 87.6 cm³/mol. The lowest BCUT2D eigenvalue weighted by Crippen LogP contribution is -2.17. The lowest BCUT2D eigenvalue weighted by molar-refractivity contribution is 0.104. The number of carbonyl (C=O) groups excluding carboxylic acids is 1. The second kappa shape index (κ2) is 6.49. The molecule has 2 N–H and O–H groups in total. The first-order valence-electron chi connectivity index (χ1n) is 6.77. The van der Waals surface area contributed by atoms with Gasteiger partial charge < -0.3 is 5.11 Å². The zero-order valence-corrected chi connectivity index (χ0v) is 13.9. The first-order chi connectivity index (χ1) is 11.9. The molecule has 25 heavy (non-hydrogen) atoms. The van der Waals surface area contributed by atoms with E-state index in [2.05, 4.69) is 20.6 Å². The van der Waals surface area contributed by atoms with E-state index in [9.17, 15) is 18.3 Å². The fourth-order valence-corrected chi connectivity index (χ4v) is 3.49. The van der Waals surface area contributed by atoms with E-state index in [-0.39, 0.29) is 16.4 Å². The molecule has 0 spiro atoms. The second-order valence-electron chi connectivity index (χ2n) is 4.78. The maximum atomic E-state index is 12.7. The van der Waals surface area contributed by atoms with E-state index in [4.69, 9.17) is 11.6 Å². The number of nitrogens with one attached hydrogen (secondary N) is 1. The van der Waals surface area contributed by atoms with Crippen LogP contribution in [-0.2, 0) is 10.0 Å². The number of H-pyrrole nitrogens is 1. The molecule has 3 rings (SSSR count). The third kappa shape index (κ3) is 3.30. The van der Waals surface area contributed by atoms with Crippen molar-refractivity contribution in [1.82, 2.24) is 24.6 Å². The van der Waals surface area contributed by atoms with Crippen LogP contribution in [0.1, 0.15) is 16.3 Å². The quantitative estimate of drug-likeness (QED) is 0.391. The summed E-state index contributed by atoms with van der Waals surface area (Å²) in [4.78, 5) is 12.3. The van der Waals surface area contributed by atoms with Crippen LogP contribution in [0.3, 0.4) is 0 Å². The van der Waals surface area contributed by atoms with Crippen LogP contribution in [0, 0.1) is 0 Å². The Bertz CT molecular complexity index is 1040. The Kier molecular flexibility index (Phi) is 4.38. The molecule has 0 unspecified atom stereocenters. The van der Waals surface area contributed by atoms with E-state index in [1.54, 1.807) is 0 Å². The molecular weight excluding hydrogens is 370 g/mol. The number of allylic oxidation sites excluding steroid dienone is 1. The van der Waals surface area contributed by atoms with Gasteiger partial charge in [-0.15, -0.1) is 10.2 Å². The van der Waals surface area contributed by atoms with Gasteiger partial charge >= 0.3 is 0 Å². The van der Waals surface area contributed by atoms with Crippen LogP contribution in [0.2, 0.25) is 5.02 Å². The first-order valence-corrected chi connectivity index (χ1v) is 8.59. The number of aromatic nitrogens is 5. The Morgan fingerprint density at radius 1 is 1.24 bits per heavy atom. The summed E-state index contributed by atoms with van der Waals surface area (Å²) in [6.07, 6.45) is 2.05. The summed E-state index contributed by atoms with van der Waals surface area (Å²) in [7, 11) is -4.00. The van der Waals surface area contributed by atoms with E-state index in [0.717, 1.165) is 10.0 Å². The number of benzene rings is 1. The van der Waals surface area contributed by atoms with Crippen molar-refractivity contribution in [2.45, 2.75) is 4.90 Å². The smallest absolute Gasteiger partial charge is 0.268 e. The molecule has 0 aliphatic heterocycles. The number of halogens is 1. The summed E-state index contributed by atoms with van der Waals surface area (Å²) in [6, 6.07) is 8.25. The largest absolute Gasteiger partial charge is 0.504 e. The minimum absolute atomic E-state index is 0.0338. The molecule has 2 heterocycles. The van der Waals surface area contributed by atoms with Crippen molar-refractivity contribution in [3.05, 3.63) is 65.2 Å². The monoisotopic (exact) mass is 379 g/mol. The van der Waals surface area contributed by atoms with Gasteiger partial charge in [0.1, 0.15) is 5.69 Å². The Morgan fingerprint density at radius 3 is 2.60 bits per heavy atom. The number of aliphatic hydroxyl groups excluding tert-OH is 1. The van der Waals surface area contributed by atoms with Crippen LogP contribution in [-0.4, -0.2) is 43.9 Å². The molecule has 0 atom stereocenters. The zero-order valence-electron chi connectivity index (χ0n) is 12.4. The molecule has 2 aromatic heterocycles. The van der Waals surface area contributed by atoms with Gasteiger partial charge in [0.25, 0.3) is 10.0 Å². The molecule has 0 aliphatic carbocycles. The summed E-state index contributed by atoms with van der Waals surface area (Å²) < 4.78 is 26.2. The molecule has 0 saturated carbocycles. The van der Waals surface area contributed by atoms with Gasteiger partial charge in [-0.2, -0.15) is 5.21 Å². The van der Waals surface area contributed by atoms with E-state index in [0.29, 0.717) is 5.02 Å². The van der Waals surface area contributed by atoms with Gasteiger partial charge in [-0.05, 0) is 41.6 Å². The van der Waals surface area contributed by atoms with E-state index < -0.39 is 21.6 Å². The average molecular weight is 380 g/mol. The molecule has 9 nitrogen and oxygen atoms in total. The third-order valence-electron chi connectivity index (χ3n) is 3.18. The zero-order chi connectivity index (χ0) is 18.0. The maximum absolute atomic E-state index is 12.7. The summed E-state index contributed by atoms with van der Waals surface area (Å²) >= 11 is 5.76. The highest BCUT2D eigenvalue weighted by molar-refractivity contribution is 7.90. The van der Waals surface area contributed by atoms with Crippen molar-refractivity contribution in [3.8, 4) is 0 Å². The lowest BCUT2D eigenvalue weighted by atomic mass is 10.2. The summed E-state index contributed by atoms with van der Waals surface area (Å²) in [5, 5.41) is 22.6. The van der Waals surface area contributed by atoms with E-state index in [1.165, 1.54) is 42.6 Å². The Balaban J connectivity index is 1.99. The molecule has 0 aliphatic rings. The van der Waals surface area contributed by atoms with Crippen LogP contribution in [0.15, 0.2) is 53.6 Å². The van der Waals surface area contributed by atoms with E-state index >= 15 is 0 Å². The van der Waals surface area contributed by atoms with Crippen LogP contribution in [0.4, 0.5) is 0 Å². The number of aromatic amines is 1. The molecule has 0 bridgehead atoms. The van der Waals surface area contributed by atoms with Crippen LogP contribution >= 0.6 is 11.6 Å². The van der Waals surface area contributed by atoms with Crippen molar-refractivity contribution < 1.29 is 18.3 Å². The molecule has 11 heteroatoms. The molecular formula is C14H10ClN5O4S. The molecule has 1 aromatic carbocycles. The first kappa shape index (κ1) is 16.9. The Morgan fingerprint density at radius 2 is 1.96 bits per heavy atom. The molecule has 0 amide bonds. The normalized spacial score (nSPS) is 12.3. The summed E-state index contributed by atoms with van der Waals surface area (Å²) in [5.41, 5.74) is -0.162. The Labute approximate surface area is 146 Å². The molecule has 0 fully saturated rings. The number of ketones is 1. The lowest BCUT2D eigenvalue weighted by Gasteiger charge is -2.09. The highest BCUT2D eigenvalue weighted by atomic mass is 35.5. The minimum Gasteiger partial charge on any atom is -0.504 e. The number of hydrogen-bond donors (Lipinski definition) is 2. The maximum Gasteiger partial charge on any atom is 0.268 e. The van der Waals surface area contributed by atoms with Crippen LogP contribution in [0.5, 0.6) is 0 Å². The van der Waals surface area contributed by atoms with Crippen molar-refractivity contribution >= 4 is 33.2 Å². The topological polar surface area (TPSA) is 131 Å². The number of carbonyl (C=O) groups is 1. The SMILES string of the molecule is O=C(C=C(O)c1nn[nH]n1)c1cccn1S(=O)(=O)c1ccc(Cl)cc1. The number of hydrogen-bond acceptors (Lipinski definition) is 7. The average Bonchev–Trinajstić information content (AvgIpc) is 3.27. The minimum atomic E-state index is -4.00. The number of rotatable bonds is 5. The van der Waals surface area contributed by atoms with Crippen molar-refractivity contribution in [2.24, 2.45) is 0 Å². The fraction of sp³-hybridized carbons (Fsp3) is 0.